The van der Waals surface area contributed by atoms with Crippen LogP contribution in [-0.4, -0.2) is 38.3 Å². The summed E-state index contributed by atoms with van der Waals surface area (Å²) in [5.41, 5.74) is 1.22. The zero-order valence-electron chi connectivity index (χ0n) is 16.3. The summed E-state index contributed by atoms with van der Waals surface area (Å²) in [6.07, 6.45) is 0. The zero-order chi connectivity index (χ0) is 21.8. The van der Waals surface area contributed by atoms with Crippen molar-refractivity contribution in [3.8, 4) is 27.7 Å². The molecule has 0 bridgehead atoms. The van der Waals surface area contributed by atoms with Crippen LogP contribution in [0.1, 0.15) is 20.7 Å². The van der Waals surface area contributed by atoms with Gasteiger partial charge < -0.3 is 24.6 Å². The van der Waals surface area contributed by atoms with Crippen LogP contribution in [0.25, 0.3) is 10.4 Å². The van der Waals surface area contributed by atoms with Crippen molar-refractivity contribution in [1.29, 1.82) is 0 Å². The van der Waals surface area contributed by atoms with Crippen molar-refractivity contribution in [2.45, 2.75) is 0 Å². The van der Waals surface area contributed by atoms with Gasteiger partial charge in [0.25, 0.3) is 5.91 Å². The Morgan fingerprint density at radius 1 is 1.00 bits per heavy atom. The van der Waals surface area contributed by atoms with Crippen LogP contribution in [0.4, 0.5) is 5.69 Å². The highest BCUT2D eigenvalue weighted by Gasteiger charge is 2.23. The van der Waals surface area contributed by atoms with E-state index in [1.807, 2.05) is 24.3 Å². The van der Waals surface area contributed by atoms with Crippen LogP contribution in [0.5, 0.6) is 17.2 Å². The molecule has 0 saturated carbocycles. The number of carbonyl (C=O) groups excluding carboxylic acids is 1. The van der Waals surface area contributed by atoms with Crippen LogP contribution < -0.4 is 19.5 Å². The molecular formula is C21H18BrNO6S. The lowest BCUT2D eigenvalue weighted by Gasteiger charge is -2.14. The van der Waals surface area contributed by atoms with E-state index in [1.165, 1.54) is 44.8 Å². The number of thiophene rings is 1. The van der Waals surface area contributed by atoms with E-state index in [-0.39, 0.29) is 16.8 Å². The number of ether oxygens (including phenoxy) is 3. The number of rotatable bonds is 7. The first-order valence-corrected chi connectivity index (χ1v) is 10.3. The van der Waals surface area contributed by atoms with Gasteiger partial charge in [-0.2, -0.15) is 0 Å². The van der Waals surface area contributed by atoms with Crippen molar-refractivity contribution in [1.82, 2.24) is 0 Å². The quantitative estimate of drug-likeness (QED) is 0.474. The van der Waals surface area contributed by atoms with Gasteiger partial charge in [-0.05, 0) is 29.8 Å². The molecule has 1 heterocycles. The number of methoxy groups -OCH3 is 3. The second-order valence-corrected chi connectivity index (χ2v) is 7.83. The molecule has 0 aliphatic carbocycles. The number of hydrogen-bond donors (Lipinski definition) is 2. The van der Waals surface area contributed by atoms with Crippen molar-refractivity contribution in [2.24, 2.45) is 0 Å². The van der Waals surface area contributed by atoms with Gasteiger partial charge in [-0.15, -0.1) is 11.3 Å². The highest BCUT2D eigenvalue weighted by molar-refractivity contribution is 9.10. The van der Waals surface area contributed by atoms with Crippen LogP contribution >= 0.6 is 27.3 Å². The van der Waals surface area contributed by atoms with Gasteiger partial charge in [-0.3, -0.25) is 4.79 Å². The molecule has 0 aliphatic heterocycles. The summed E-state index contributed by atoms with van der Waals surface area (Å²) < 4.78 is 16.7. The fourth-order valence-electron chi connectivity index (χ4n) is 2.88. The summed E-state index contributed by atoms with van der Waals surface area (Å²) in [4.78, 5) is 25.3. The van der Waals surface area contributed by atoms with Gasteiger partial charge in [-0.1, -0.05) is 28.1 Å². The Morgan fingerprint density at radius 3 is 2.10 bits per heavy atom. The van der Waals surface area contributed by atoms with Crippen LogP contribution in [0.3, 0.4) is 0 Å². The molecular weight excluding hydrogens is 474 g/mol. The maximum absolute atomic E-state index is 12.9. The first kappa shape index (κ1) is 21.7. The summed E-state index contributed by atoms with van der Waals surface area (Å²) >= 11 is 4.61. The molecule has 30 heavy (non-hydrogen) atoms. The van der Waals surface area contributed by atoms with Gasteiger partial charge in [0.1, 0.15) is 5.56 Å². The topological polar surface area (TPSA) is 94.1 Å². The number of carbonyl (C=O) groups is 2. The van der Waals surface area contributed by atoms with E-state index in [4.69, 9.17) is 14.2 Å². The monoisotopic (exact) mass is 491 g/mol. The highest BCUT2D eigenvalue weighted by Crippen LogP contribution is 2.39. The SMILES string of the molecule is COc1cc(C(=O)Nc2csc(-c3ccc(Br)cc3)c2C(=O)O)cc(OC)c1OC. The maximum atomic E-state index is 12.9. The first-order valence-electron chi connectivity index (χ1n) is 8.61. The average molecular weight is 492 g/mol. The molecule has 0 atom stereocenters. The lowest BCUT2D eigenvalue weighted by atomic mass is 10.1. The minimum absolute atomic E-state index is 0.0307. The molecule has 9 heteroatoms. The minimum Gasteiger partial charge on any atom is -0.493 e. The van der Waals surface area contributed by atoms with Crippen LogP contribution in [0.15, 0.2) is 46.3 Å². The third-order valence-corrected chi connectivity index (χ3v) is 5.84. The molecule has 0 unspecified atom stereocenters. The molecule has 1 amide bonds. The third-order valence-electron chi connectivity index (χ3n) is 4.29. The van der Waals surface area contributed by atoms with Crippen molar-refractivity contribution in [3.05, 3.63) is 57.4 Å². The average Bonchev–Trinajstić information content (AvgIpc) is 3.16. The second-order valence-electron chi connectivity index (χ2n) is 6.03. The molecule has 0 aliphatic rings. The number of halogens is 1. The van der Waals surface area contributed by atoms with Crippen LogP contribution in [0, 0.1) is 0 Å². The van der Waals surface area contributed by atoms with E-state index < -0.39 is 11.9 Å². The highest BCUT2D eigenvalue weighted by atomic mass is 79.9. The Hall–Kier alpha value is -3.04. The maximum Gasteiger partial charge on any atom is 0.339 e. The van der Waals surface area contributed by atoms with Gasteiger partial charge in [0, 0.05) is 15.4 Å². The molecule has 0 radical (unpaired) electrons. The second kappa shape index (κ2) is 9.19. The van der Waals surface area contributed by atoms with Crippen LogP contribution in [0.2, 0.25) is 0 Å². The summed E-state index contributed by atoms with van der Waals surface area (Å²) in [5, 5.41) is 14.0. The molecule has 3 rings (SSSR count). The fraction of sp³-hybridized carbons (Fsp3) is 0.143. The summed E-state index contributed by atoms with van der Waals surface area (Å²) in [5.74, 6) is -0.634. The smallest absolute Gasteiger partial charge is 0.339 e. The molecule has 3 aromatic rings. The molecule has 1 aromatic heterocycles. The van der Waals surface area contributed by atoms with E-state index in [2.05, 4.69) is 21.2 Å². The lowest BCUT2D eigenvalue weighted by Crippen LogP contribution is -2.14. The van der Waals surface area contributed by atoms with Crippen molar-refractivity contribution < 1.29 is 28.9 Å². The Bertz CT molecular complexity index is 1070. The third kappa shape index (κ3) is 4.27. The predicted octanol–water partition coefficient (Wildman–Crippen LogP) is 5.15. The van der Waals surface area contributed by atoms with Gasteiger partial charge in [-0.25, -0.2) is 4.79 Å². The Balaban J connectivity index is 1.98. The van der Waals surface area contributed by atoms with E-state index in [9.17, 15) is 14.7 Å². The van der Waals surface area contributed by atoms with Gasteiger partial charge >= 0.3 is 5.97 Å². The van der Waals surface area contributed by atoms with E-state index >= 15 is 0 Å². The summed E-state index contributed by atoms with van der Waals surface area (Å²) in [6.45, 7) is 0. The van der Waals surface area contributed by atoms with E-state index in [0.29, 0.717) is 22.1 Å². The Morgan fingerprint density at radius 2 is 1.60 bits per heavy atom. The van der Waals surface area contributed by atoms with Gasteiger partial charge in [0.15, 0.2) is 11.5 Å². The zero-order valence-corrected chi connectivity index (χ0v) is 18.7. The van der Waals surface area contributed by atoms with E-state index in [0.717, 1.165) is 10.0 Å². The normalized spacial score (nSPS) is 10.4. The minimum atomic E-state index is -1.13. The van der Waals surface area contributed by atoms with Crippen LogP contribution in [-0.2, 0) is 0 Å². The molecule has 0 spiro atoms. The number of benzene rings is 2. The fourth-order valence-corrected chi connectivity index (χ4v) is 4.15. The molecule has 7 nitrogen and oxygen atoms in total. The molecule has 2 N–H and O–H groups in total. The number of carboxylic acid groups (broad SMARTS) is 1. The predicted molar refractivity (Wildman–Crippen MR) is 118 cm³/mol. The molecule has 156 valence electrons. The lowest BCUT2D eigenvalue weighted by molar-refractivity contribution is 0.0699. The number of amides is 1. The van der Waals surface area contributed by atoms with Crippen molar-refractivity contribution in [3.63, 3.8) is 0 Å². The summed E-state index contributed by atoms with van der Waals surface area (Å²) in [6, 6.07) is 10.3. The van der Waals surface area contributed by atoms with Crippen molar-refractivity contribution in [2.75, 3.05) is 26.6 Å². The Labute approximate surface area is 185 Å². The van der Waals surface area contributed by atoms with E-state index in [1.54, 1.807) is 5.38 Å². The number of carboxylic acids is 1. The molecule has 0 fully saturated rings. The van der Waals surface area contributed by atoms with Gasteiger partial charge in [0.2, 0.25) is 5.75 Å². The van der Waals surface area contributed by atoms with Gasteiger partial charge in [0.05, 0.1) is 31.9 Å². The standard InChI is InChI=1S/C21H18BrNO6S/c1-27-15-8-12(9-16(28-2)18(15)29-3)20(24)23-14-10-30-19(17(14)21(25)26)11-4-6-13(22)7-5-11/h4-10H,1-3H3,(H,23,24)(H,25,26). The number of hydrogen-bond acceptors (Lipinski definition) is 6. The molecule has 2 aromatic carbocycles. The first-order chi connectivity index (χ1) is 14.4. The van der Waals surface area contributed by atoms with Crippen molar-refractivity contribution >= 4 is 44.8 Å². The number of nitrogens with one attached hydrogen (secondary N) is 1. The largest absolute Gasteiger partial charge is 0.493 e. The number of aromatic carboxylic acids is 1. The molecule has 0 saturated heterocycles. The summed E-state index contributed by atoms with van der Waals surface area (Å²) in [7, 11) is 4.37. The Kier molecular flexibility index (Phi) is 6.63. The number of anilines is 1.